The Morgan fingerprint density at radius 3 is 2.53 bits per heavy atom. The third kappa shape index (κ3) is 3.09. The largest absolute Gasteiger partial charge is 0.307 e. The van der Waals surface area contributed by atoms with E-state index in [0.29, 0.717) is 0 Å². The van der Waals surface area contributed by atoms with E-state index in [-0.39, 0.29) is 0 Å². The van der Waals surface area contributed by atoms with E-state index in [1.54, 1.807) is 0 Å². The average molecular weight is 231 g/mol. The number of benzene rings is 1. The van der Waals surface area contributed by atoms with Crippen molar-refractivity contribution >= 4 is 21.8 Å². The van der Waals surface area contributed by atoms with Crippen molar-refractivity contribution in [3.63, 3.8) is 0 Å². The first-order valence-electron chi connectivity index (χ1n) is 6.25. The number of H-pyrrole nitrogens is 2. The predicted molar refractivity (Wildman–Crippen MR) is 75.3 cm³/mol. The van der Waals surface area contributed by atoms with Gasteiger partial charge in [0.1, 0.15) is 0 Å². The Balaban J connectivity index is 0.000000256. The van der Waals surface area contributed by atoms with Gasteiger partial charge in [-0.15, -0.1) is 0 Å². The normalized spacial score (nSPS) is 9.41. The molecule has 2 N–H and O–H groups in total. The quantitative estimate of drug-likeness (QED) is 0.588. The summed E-state index contributed by atoms with van der Waals surface area (Å²) in [7, 11) is 0. The summed E-state index contributed by atoms with van der Waals surface area (Å²) in [5.41, 5.74) is 2.17. The molecule has 0 atom stereocenters. The van der Waals surface area contributed by atoms with Crippen LogP contribution < -0.4 is 0 Å². The highest BCUT2D eigenvalue weighted by atomic mass is 15.1. The maximum atomic E-state index is 4.22. The van der Waals surface area contributed by atoms with Crippen LogP contribution in [-0.4, -0.2) is 15.2 Å². The van der Waals surface area contributed by atoms with Crippen molar-refractivity contribution in [2.24, 2.45) is 0 Å². The molecule has 0 fully saturated rings. The molecule has 0 unspecified atom stereocenters. The molecule has 0 aliphatic heterocycles. The van der Waals surface area contributed by atoms with E-state index in [2.05, 4.69) is 41.2 Å². The van der Waals surface area contributed by atoms with Crippen LogP contribution in [0.3, 0.4) is 0 Å². The van der Waals surface area contributed by atoms with Crippen LogP contribution in [0, 0.1) is 0 Å². The number of rotatable bonds is 0. The lowest BCUT2D eigenvalue weighted by atomic mass is 10.2. The number of hydrogen-bond donors (Lipinski definition) is 2. The first-order valence-corrected chi connectivity index (χ1v) is 6.25. The lowest BCUT2D eigenvalue weighted by molar-refractivity contribution is 1.09. The Kier molecular flexibility index (Phi) is 5.27. The average Bonchev–Trinajstić information content (AvgIpc) is 2.96. The second kappa shape index (κ2) is 6.74. The lowest BCUT2D eigenvalue weighted by Crippen LogP contribution is -1.69. The molecule has 0 bridgehead atoms. The minimum absolute atomic E-state index is 1.05. The van der Waals surface area contributed by atoms with E-state index in [4.69, 9.17) is 0 Å². The van der Waals surface area contributed by atoms with Crippen molar-refractivity contribution in [1.29, 1.82) is 0 Å². The highest BCUT2D eigenvalue weighted by Gasteiger charge is 1.98. The van der Waals surface area contributed by atoms with Gasteiger partial charge in [-0.3, -0.25) is 4.98 Å². The molecule has 0 amide bonds. The molecule has 0 aliphatic rings. The first-order chi connectivity index (χ1) is 8.35. The molecule has 0 saturated carbocycles. The molecule has 2 heterocycles. The van der Waals surface area contributed by atoms with Gasteiger partial charge in [0, 0.05) is 23.2 Å². The Hall–Kier alpha value is -1.77. The fourth-order valence-electron chi connectivity index (χ4n) is 1.48. The minimum Gasteiger partial charge on any atom is -0.307 e. The topological polar surface area (TPSA) is 44.5 Å². The molecule has 1 aromatic carbocycles. The summed E-state index contributed by atoms with van der Waals surface area (Å²) in [5, 5.41) is 8.35. The highest BCUT2D eigenvalue weighted by molar-refractivity contribution is 5.94. The highest BCUT2D eigenvalue weighted by Crippen LogP contribution is 2.19. The van der Waals surface area contributed by atoms with Gasteiger partial charge in [0.05, 0.1) is 11.0 Å². The number of fused-ring (bicyclic) bond motifs is 2. The van der Waals surface area contributed by atoms with Crippen LogP contribution in [0.4, 0.5) is 0 Å². The summed E-state index contributed by atoms with van der Waals surface area (Å²) in [5.74, 6) is 0. The molecular formula is C14H21N3. The van der Waals surface area contributed by atoms with Crippen molar-refractivity contribution in [1.82, 2.24) is 15.2 Å². The standard InChI is InChI=1S/C9H7N3.C3H8.C2H6/c1-2-10-8-4-7-5-11-12-9(7)3-6(1)8;1-3-2;1-2/h1-5,11-12H;3H2,1-2H3;1-2H3. The SMILES string of the molecule is CC.CCC.c1cc2cc3[nH][nH]cc3cc2n1. The van der Waals surface area contributed by atoms with Gasteiger partial charge in [0.15, 0.2) is 0 Å². The third-order valence-corrected chi connectivity index (χ3v) is 2.10. The van der Waals surface area contributed by atoms with Crippen LogP contribution >= 0.6 is 0 Å². The van der Waals surface area contributed by atoms with E-state index >= 15 is 0 Å². The number of nitrogens with zero attached hydrogens (tertiary/aromatic N) is 1. The fraction of sp³-hybridized carbons (Fsp3) is 0.357. The Labute approximate surface area is 102 Å². The second-order valence-electron chi connectivity index (χ2n) is 3.56. The molecule has 3 heteroatoms. The molecule has 0 aliphatic carbocycles. The molecule has 0 saturated heterocycles. The first kappa shape index (κ1) is 13.3. The number of nitrogens with one attached hydrogen (secondary N) is 2. The molecule has 17 heavy (non-hydrogen) atoms. The van der Waals surface area contributed by atoms with Crippen molar-refractivity contribution in [2.45, 2.75) is 34.1 Å². The monoisotopic (exact) mass is 231 g/mol. The summed E-state index contributed by atoms with van der Waals surface area (Å²) < 4.78 is 0. The van der Waals surface area contributed by atoms with E-state index < -0.39 is 0 Å². The molecule has 0 radical (unpaired) electrons. The van der Waals surface area contributed by atoms with Gasteiger partial charge in [-0.1, -0.05) is 34.1 Å². The third-order valence-electron chi connectivity index (χ3n) is 2.10. The zero-order chi connectivity index (χ0) is 12.7. The summed E-state index contributed by atoms with van der Waals surface area (Å²) in [6.07, 6.45) is 5.01. The van der Waals surface area contributed by atoms with Gasteiger partial charge in [0.2, 0.25) is 0 Å². The van der Waals surface area contributed by atoms with E-state index in [9.17, 15) is 0 Å². The van der Waals surface area contributed by atoms with Crippen LogP contribution in [0.1, 0.15) is 34.1 Å². The van der Waals surface area contributed by atoms with Gasteiger partial charge in [0.25, 0.3) is 0 Å². The molecule has 2 aromatic heterocycles. The zero-order valence-electron chi connectivity index (χ0n) is 11.0. The molecule has 3 rings (SSSR count). The van der Waals surface area contributed by atoms with Crippen LogP contribution in [0.15, 0.2) is 30.6 Å². The van der Waals surface area contributed by atoms with Gasteiger partial charge in [-0.05, 0) is 18.2 Å². The van der Waals surface area contributed by atoms with E-state index in [1.807, 2.05) is 32.3 Å². The molecule has 92 valence electrons. The number of hydrogen-bond acceptors (Lipinski definition) is 1. The van der Waals surface area contributed by atoms with Gasteiger partial charge < -0.3 is 10.2 Å². The summed E-state index contributed by atoms with van der Waals surface area (Å²) in [6, 6.07) is 6.17. The molecule has 3 aromatic rings. The van der Waals surface area contributed by atoms with Crippen LogP contribution in [-0.2, 0) is 0 Å². The molecule has 3 nitrogen and oxygen atoms in total. The van der Waals surface area contributed by atoms with E-state index in [0.717, 1.165) is 11.0 Å². The van der Waals surface area contributed by atoms with Crippen molar-refractivity contribution in [3.05, 3.63) is 30.6 Å². The van der Waals surface area contributed by atoms with E-state index in [1.165, 1.54) is 17.2 Å². The van der Waals surface area contributed by atoms with Crippen molar-refractivity contribution in [2.75, 3.05) is 0 Å². The Bertz CT molecular complexity index is 458. The van der Waals surface area contributed by atoms with Crippen LogP contribution in [0.25, 0.3) is 21.8 Å². The maximum absolute atomic E-state index is 4.22. The summed E-state index contributed by atoms with van der Waals surface area (Å²) in [4.78, 5) is 4.22. The maximum Gasteiger partial charge on any atom is 0.0710 e. The Morgan fingerprint density at radius 2 is 1.82 bits per heavy atom. The second-order valence-corrected chi connectivity index (χ2v) is 3.56. The predicted octanol–water partition coefficient (Wildman–Crippen LogP) is 4.49. The smallest absolute Gasteiger partial charge is 0.0710 e. The summed E-state index contributed by atoms with van der Waals surface area (Å²) >= 11 is 0. The number of aromatic nitrogens is 3. The van der Waals surface area contributed by atoms with Gasteiger partial charge in [-0.25, -0.2) is 0 Å². The minimum atomic E-state index is 1.05. The van der Waals surface area contributed by atoms with Gasteiger partial charge >= 0.3 is 0 Å². The van der Waals surface area contributed by atoms with Gasteiger partial charge in [-0.2, -0.15) is 0 Å². The van der Waals surface area contributed by atoms with Crippen LogP contribution in [0.2, 0.25) is 0 Å². The van der Waals surface area contributed by atoms with Crippen molar-refractivity contribution in [3.8, 4) is 0 Å². The van der Waals surface area contributed by atoms with Crippen LogP contribution in [0.5, 0.6) is 0 Å². The lowest BCUT2D eigenvalue weighted by Gasteiger charge is -1.88. The summed E-state index contributed by atoms with van der Waals surface area (Å²) in [6.45, 7) is 8.25. The fourth-order valence-corrected chi connectivity index (χ4v) is 1.48. The molecule has 0 spiro atoms. The van der Waals surface area contributed by atoms with Crippen molar-refractivity contribution < 1.29 is 0 Å². The Morgan fingerprint density at radius 1 is 1.12 bits per heavy atom. The molecular weight excluding hydrogens is 210 g/mol. The zero-order valence-corrected chi connectivity index (χ0v) is 11.0. The number of aromatic amines is 2.